The van der Waals surface area contributed by atoms with E-state index in [4.69, 9.17) is 0 Å². The van der Waals surface area contributed by atoms with Gasteiger partial charge in [0, 0.05) is 5.92 Å². The lowest BCUT2D eigenvalue weighted by atomic mass is 9.46. The standard InChI is InChI=1S/C20H40O/c1-11-12-20(10,17(14-21)13-15(2)3)19(8,9)18(6,7)16(4)5/h14-17H,11-13H2,1-10H3. The van der Waals surface area contributed by atoms with Crippen molar-refractivity contribution in [2.24, 2.45) is 34.0 Å². The zero-order chi connectivity index (χ0) is 17.1. The number of hydrogen-bond acceptors (Lipinski definition) is 1. The fraction of sp³-hybridized carbons (Fsp3) is 0.950. The topological polar surface area (TPSA) is 17.1 Å². The smallest absolute Gasteiger partial charge is 0.123 e. The van der Waals surface area contributed by atoms with E-state index in [1.54, 1.807) is 0 Å². The average Bonchev–Trinajstić information content (AvgIpc) is 2.34. The molecule has 2 unspecified atom stereocenters. The van der Waals surface area contributed by atoms with Crippen LogP contribution in [0.2, 0.25) is 0 Å². The number of carbonyl (C=O) groups excluding carboxylic acids is 1. The van der Waals surface area contributed by atoms with Crippen LogP contribution in [-0.4, -0.2) is 6.29 Å². The van der Waals surface area contributed by atoms with Crippen molar-refractivity contribution in [1.29, 1.82) is 0 Å². The maximum atomic E-state index is 11.9. The molecule has 0 aromatic rings. The van der Waals surface area contributed by atoms with Crippen LogP contribution in [0.3, 0.4) is 0 Å². The first-order valence-electron chi connectivity index (χ1n) is 8.83. The minimum atomic E-state index is 0.0432. The van der Waals surface area contributed by atoms with Gasteiger partial charge in [0.1, 0.15) is 6.29 Å². The molecule has 0 bridgehead atoms. The average molecular weight is 297 g/mol. The van der Waals surface area contributed by atoms with Crippen LogP contribution in [0.4, 0.5) is 0 Å². The van der Waals surface area contributed by atoms with E-state index in [1.165, 1.54) is 6.29 Å². The van der Waals surface area contributed by atoms with Crippen LogP contribution in [0.15, 0.2) is 0 Å². The molecule has 1 heteroatoms. The Morgan fingerprint density at radius 1 is 0.952 bits per heavy atom. The van der Waals surface area contributed by atoms with Gasteiger partial charge >= 0.3 is 0 Å². The van der Waals surface area contributed by atoms with Gasteiger partial charge in [-0.05, 0) is 40.9 Å². The van der Waals surface area contributed by atoms with Crippen molar-refractivity contribution < 1.29 is 4.79 Å². The van der Waals surface area contributed by atoms with Crippen molar-refractivity contribution in [1.82, 2.24) is 0 Å². The second-order valence-electron chi connectivity index (χ2n) is 9.04. The van der Waals surface area contributed by atoms with E-state index >= 15 is 0 Å². The third-order valence-electron chi connectivity index (χ3n) is 6.96. The Hall–Kier alpha value is -0.330. The minimum Gasteiger partial charge on any atom is -0.303 e. The monoisotopic (exact) mass is 296 g/mol. The van der Waals surface area contributed by atoms with Gasteiger partial charge in [0.2, 0.25) is 0 Å². The summed E-state index contributed by atoms with van der Waals surface area (Å²) < 4.78 is 0. The Morgan fingerprint density at radius 2 is 1.43 bits per heavy atom. The van der Waals surface area contributed by atoms with Gasteiger partial charge in [0.15, 0.2) is 0 Å². The molecule has 0 saturated heterocycles. The van der Waals surface area contributed by atoms with Crippen molar-refractivity contribution in [3.8, 4) is 0 Å². The molecule has 0 aromatic carbocycles. The molecule has 0 N–H and O–H groups in total. The van der Waals surface area contributed by atoms with Crippen LogP contribution in [0.25, 0.3) is 0 Å². The van der Waals surface area contributed by atoms with Gasteiger partial charge in [-0.2, -0.15) is 0 Å². The Bertz CT molecular complexity index is 325. The Balaban J connectivity index is 5.87. The normalized spacial score (nSPS) is 17.9. The maximum Gasteiger partial charge on any atom is 0.123 e. The van der Waals surface area contributed by atoms with Crippen LogP contribution in [0, 0.1) is 34.0 Å². The molecule has 2 atom stereocenters. The molecule has 0 aliphatic rings. The fourth-order valence-electron chi connectivity index (χ4n) is 3.91. The van der Waals surface area contributed by atoms with Crippen molar-refractivity contribution in [2.45, 2.75) is 88.5 Å². The zero-order valence-electron chi connectivity index (χ0n) is 16.3. The van der Waals surface area contributed by atoms with Gasteiger partial charge < -0.3 is 4.79 Å². The first kappa shape index (κ1) is 20.7. The molecular weight excluding hydrogens is 256 g/mol. The van der Waals surface area contributed by atoms with E-state index < -0.39 is 0 Å². The molecule has 0 fully saturated rings. The summed E-state index contributed by atoms with van der Waals surface area (Å²) in [5.41, 5.74) is 0.335. The Kier molecular flexibility index (Phi) is 7.17. The van der Waals surface area contributed by atoms with Crippen LogP contribution in [-0.2, 0) is 4.79 Å². The maximum absolute atomic E-state index is 11.9. The number of carbonyl (C=O) groups is 1. The number of hydrogen-bond donors (Lipinski definition) is 0. The molecule has 0 saturated carbocycles. The molecule has 1 nitrogen and oxygen atoms in total. The van der Waals surface area contributed by atoms with Crippen LogP contribution in [0.1, 0.15) is 88.5 Å². The lowest BCUT2D eigenvalue weighted by Crippen LogP contribution is -2.52. The first-order valence-corrected chi connectivity index (χ1v) is 8.83. The van der Waals surface area contributed by atoms with Gasteiger partial charge in [0.25, 0.3) is 0 Å². The summed E-state index contributed by atoms with van der Waals surface area (Å²) in [6, 6.07) is 0. The summed E-state index contributed by atoms with van der Waals surface area (Å²) in [6.07, 6.45) is 4.49. The highest BCUT2D eigenvalue weighted by atomic mass is 16.1. The highest BCUT2D eigenvalue weighted by Gasteiger charge is 2.54. The van der Waals surface area contributed by atoms with Crippen LogP contribution < -0.4 is 0 Å². The summed E-state index contributed by atoms with van der Waals surface area (Å²) in [6.45, 7) is 23.2. The van der Waals surface area contributed by atoms with Crippen LogP contribution >= 0.6 is 0 Å². The Labute approximate surface area is 134 Å². The third kappa shape index (κ3) is 3.90. The van der Waals surface area contributed by atoms with Crippen molar-refractivity contribution >= 4 is 6.29 Å². The van der Waals surface area contributed by atoms with Gasteiger partial charge in [-0.25, -0.2) is 0 Å². The van der Waals surface area contributed by atoms with Crippen molar-refractivity contribution in [3.63, 3.8) is 0 Å². The number of aldehydes is 1. The zero-order valence-corrected chi connectivity index (χ0v) is 16.3. The van der Waals surface area contributed by atoms with Crippen molar-refractivity contribution in [3.05, 3.63) is 0 Å². The molecule has 0 spiro atoms. The highest BCUT2D eigenvalue weighted by Crippen LogP contribution is 2.60. The number of rotatable bonds is 9. The molecule has 0 aromatic heterocycles. The lowest BCUT2D eigenvalue weighted by molar-refractivity contribution is -0.132. The Morgan fingerprint density at radius 3 is 1.71 bits per heavy atom. The predicted molar refractivity (Wildman–Crippen MR) is 94.4 cm³/mol. The summed E-state index contributed by atoms with van der Waals surface area (Å²) in [5.74, 6) is 1.30. The van der Waals surface area contributed by atoms with Gasteiger partial charge in [-0.15, -0.1) is 0 Å². The molecule has 0 aliphatic heterocycles. The summed E-state index contributed by atoms with van der Waals surface area (Å²) in [7, 11) is 0. The molecule has 126 valence electrons. The lowest BCUT2D eigenvalue weighted by Gasteiger charge is -2.58. The molecule has 21 heavy (non-hydrogen) atoms. The molecule has 0 aliphatic carbocycles. The van der Waals surface area contributed by atoms with E-state index in [-0.39, 0.29) is 22.2 Å². The SMILES string of the molecule is CCCC(C)(C(C=O)CC(C)C)C(C)(C)C(C)(C)C(C)C. The molecule has 0 radical (unpaired) electrons. The minimum absolute atomic E-state index is 0.0432. The van der Waals surface area contributed by atoms with E-state index in [1.807, 2.05) is 0 Å². The van der Waals surface area contributed by atoms with Gasteiger partial charge in [-0.3, -0.25) is 0 Å². The third-order valence-corrected chi connectivity index (χ3v) is 6.96. The fourth-order valence-corrected chi connectivity index (χ4v) is 3.91. The van der Waals surface area contributed by atoms with E-state index in [2.05, 4.69) is 69.2 Å². The largest absolute Gasteiger partial charge is 0.303 e. The van der Waals surface area contributed by atoms with Gasteiger partial charge in [0.05, 0.1) is 0 Å². The molecular formula is C20H40O. The summed E-state index contributed by atoms with van der Waals surface area (Å²) in [4.78, 5) is 11.9. The summed E-state index contributed by atoms with van der Waals surface area (Å²) in [5, 5.41) is 0. The van der Waals surface area contributed by atoms with E-state index in [0.717, 1.165) is 19.3 Å². The summed E-state index contributed by atoms with van der Waals surface area (Å²) >= 11 is 0. The molecule has 0 amide bonds. The first-order chi connectivity index (χ1) is 9.38. The molecule has 0 heterocycles. The second-order valence-corrected chi connectivity index (χ2v) is 9.04. The van der Waals surface area contributed by atoms with E-state index in [9.17, 15) is 4.79 Å². The second kappa shape index (κ2) is 7.29. The van der Waals surface area contributed by atoms with Crippen molar-refractivity contribution in [2.75, 3.05) is 0 Å². The molecule has 0 rings (SSSR count). The van der Waals surface area contributed by atoms with Crippen LogP contribution in [0.5, 0.6) is 0 Å². The predicted octanol–water partition coefficient (Wildman–Crippen LogP) is 6.36. The quantitative estimate of drug-likeness (QED) is 0.452. The highest BCUT2D eigenvalue weighted by molar-refractivity contribution is 5.55. The van der Waals surface area contributed by atoms with E-state index in [0.29, 0.717) is 11.8 Å². The van der Waals surface area contributed by atoms with Gasteiger partial charge in [-0.1, -0.05) is 75.7 Å².